The van der Waals surface area contributed by atoms with Gasteiger partial charge >= 0.3 is 0 Å². The van der Waals surface area contributed by atoms with E-state index in [4.69, 9.17) is 4.74 Å². The predicted molar refractivity (Wildman–Crippen MR) is 45.6 cm³/mol. The van der Waals surface area contributed by atoms with Crippen LogP contribution >= 0.6 is 0 Å². The molecule has 0 bridgehead atoms. The zero-order valence-electron chi connectivity index (χ0n) is 7.17. The molecule has 0 radical (unpaired) electrons. The molecule has 0 saturated carbocycles. The molecule has 0 spiro atoms. The molecule has 12 heavy (non-hydrogen) atoms. The number of rotatable bonds is 1. The van der Waals surface area contributed by atoms with Gasteiger partial charge in [-0.3, -0.25) is 4.79 Å². The van der Waals surface area contributed by atoms with E-state index in [1.54, 1.807) is 6.08 Å². The molecule has 1 heterocycles. The molecule has 64 valence electrons. The van der Waals surface area contributed by atoms with Gasteiger partial charge in [-0.25, -0.2) is 0 Å². The summed E-state index contributed by atoms with van der Waals surface area (Å²) in [6.07, 6.45) is 6.57. The van der Waals surface area contributed by atoms with Crippen LogP contribution < -0.4 is 0 Å². The molecule has 0 N–H and O–H groups in total. The van der Waals surface area contributed by atoms with Gasteiger partial charge in [0.25, 0.3) is 0 Å². The largest absolute Gasteiger partial charge is 0.490 e. The third-order valence-electron chi connectivity index (χ3n) is 2.26. The van der Waals surface area contributed by atoms with Crippen LogP contribution in [-0.4, -0.2) is 11.9 Å². The lowest BCUT2D eigenvalue weighted by molar-refractivity contribution is -0.114. The van der Waals surface area contributed by atoms with Gasteiger partial charge in [0.2, 0.25) is 0 Å². The summed E-state index contributed by atoms with van der Waals surface area (Å²) in [7, 11) is 0. The van der Waals surface area contributed by atoms with Gasteiger partial charge in [0.05, 0.1) is 6.10 Å². The van der Waals surface area contributed by atoms with Gasteiger partial charge in [-0.1, -0.05) is 0 Å². The lowest BCUT2D eigenvalue weighted by atomic mass is 10.2. The zero-order valence-corrected chi connectivity index (χ0v) is 7.17. The van der Waals surface area contributed by atoms with Crippen molar-refractivity contribution in [2.24, 2.45) is 0 Å². The minimum atomic E-state index is 0.231. The number of carbonyl (C=O) groups is 1. The number of ether oxygens (including phenoxy) is 1. The summed E-state index contributed by atoms with van der Waals surface area (Å²) < 4.78 is 5.53. The van der Waals surface area contributed by atoms with Crippen molar-refractivity contribution < 1.29 is 9.53 Å². The Labute approximate surface area is 71.9 Å². The van der Waals surface area contributed by atoms with Crippen molar-refractivity contribution in [2.75, 3.05) is 0 Å². The van der Waals surface area contributed by atoms with E-state index in [1.807, 2.05) is 6.92 Å². The van der Waals surface area contributed by atoms with E-state index in [-0.39, 0.29) is 11.9 Å². The van der Waals surface area contributed by atoms with E-state index in [2.05, 4.69) is 6.08 Å². The predicted octanol–water partition coefficient (Wildman–Crippen LogP) is 1.97. The monoisotopic (exact) mass is 164 g/mol. The van der Waals surface area contributed by atoms with Gasteiger partial charge in [-0.15, -0.1) is 0 Å². The van der Waals surface area contributed by atoms with E-state index >= 15 is 0 Å². The van der Waals surface area contributed by atoms with Gasteiger partial charge in [0.1, 0.15) is 5.76 Å². The highest BCUT2D eigenvalue weighted by molar-refractivity contribution is 5.93. The highest BCUT2D eigenvalue weighted by Crippen LogP contribution is 2.29. The quantitative estimate of drug-likeness (QED) is 0.592. The van der Waals surface area contributed by atoms with Gasteiger partial charge in [0.15, 0.2) is 5.78 Å². The summed E-state index contributed by atoms with van der Waals surface area (Å²) in [4.78, 5) is 10.9. The fourth-order valence-electron chi connectivity index (χ4n) is 1.58. The summed E-state index contributed by atoms with van der Waals surface area (Å²) >= 11 is 0. The van der Waals surface area contributed by atoms with Crippen LogP contribution in [0.4, 0.5) is 0 Å². The molecule has 2 aliphatic rings. The SMILES string of the molecule is CC1CC=C(C2=CC(=O)CC2)O1. The van der Waals surface area contributed by atoms with Crippen LogP contribution in [-0.2, 0) is 9.53 Å². The fraction of sp³-hybridized carbons (Fsp3) is 0.500. The molecule has 1 unspecified atom stereocenters. The Kier molecular flexibility index (Phi) is 1.75. The topological polar surface area (TPSA) is 26.3 Å². The highest BCUT2D eigenvalue weighted by Gasteiger charge is 2.21. The first-order valence-electron chi connectivity index (χ1n) is 4.36. The summed E-state index contributed by atoms with van der Waals surface area (Å²) in [5, 5.41) is 0. The summed E-state index contributed by atoms with van der Waals surface area (Å²) in [5.41, 5.74) is 1.09. The van der Waals surface area contributed by atoms with Crippen LogP contribution in [0.1, 0.15) is 26.2 Å². The summed E-state index contributed by atoms with van der Waals surface area (Å²) in [5.74, 6) is 1.17. The molecule has 1 atom stereocenters. The van der Waals surface area contributed by atoms with Crippen LogP contribution in [0.15, 0.2) is 23.5 Å². The van der Waals surface area contributed by atoms with Crippen LogP contribution in [0.2, 0.25) is 0 Å². The molecule has 0 aromatic rings. The van der Waals surface area contributed by atoms with Crippen molar-refractivity contribution in [1.82, 2.24) is 0 Å². The second-order valence-electron chi connectivity index (χ2n) is 3.37. The Morgan fingerprint density at radius 1 is 1.50 bits per heavy atom. The molecular weight excluding hydrogens is 152 g/mol. The number of ketones is 1. The Balaban J connectivity index is 2.11. The van der Waals surface area contributed by atoms with Crippen LogP contribution in [0, 0.1) is 0 Å². The Morgan fingerprint density at radius 2 is 2.33 bits per heavy atom. The van der Waals surface area contributed by atoms with E-state index < -0.39 is 0 Å². The molecule has 2 nitrogen and oxygen atoms in total. The maximum atomic E-state index is 10.9. The zero-order chi connectivity index (χ0) is 8.55. The smallest absolute Gasteiger partial charge is 0.156 e. The Hall–Kier alpha value is -1.05. The number of allylic oxidation sites excluding steroid dienone is 2. The first kappa shape index (κ1) is 7.59. The second kappa shape index (κ2) is 2.77. The van der Waals surface area contributed by atoms with E-state index in [1.165, 1.54) is 0 Å². The molecule has 0 aromatic heterocycles. The third kappa shape index (κ3) is 1.29. The lowest BCUT2D eigenvalue weighted by Crippen LogP contribution is -1.99. The number of hydrogen-bond acceptors (Lipinski definition) is 2. The van der Waals surface area contributed by atoms with Crippen LogP contribution in [0.5, 0.6) is 0 Å². The van der Waals surface area contributed by atoms with Crippen LogP contribution in [0.3, 0.4) is 0 Å². The van der Waals surface area contributed by atoms with Crippen molar-refractivity contribution in [3.63, 3.8) is 0 Å². The number of carbonyl (C=O) groups excluding carboxylic acids is 1. The van der Waals surface area contributed by atoms with Gasteiger partial charge < -0.3 is 4.74 Å². The molecule has 0 saturated heterocycles. The first-order chi connectivity index (χ1) is 5.75. The molecule has 0 amide bonds. The molecule has 0 fully saturated rings. The first-order valence-corrected chi connectivity index (χ1v) is 4.36. The van der Waals surface area contributed by atoms with Crippen molar-refractivity contribution in [3.05, 3.63) is 23.5 Å². The minimum Gasteiger partial charge on any atom is -0.490 e. The van der Waals surface area contributed by atoms with E-state index in [0.29, 0.717) is 6.42 Å². The van der Waals surface area contributed by atoms with Gasteiger partial charge in [0, 0.05) is 12.8 Å². The Bertz CT molecular complexity index is 274. The van der Waals surface area contributed by atoms with Crippen molar-refractivity contribution in [2.45, 2.75) is 32.3 Å². The average molecular weight is 164 g/mol. The second-order valence-corrected chi connectivity index (χ2v) is 3.37. The van der Waals surface area contributed by atoms with Crippen molar-refractivity contribution in [3.8, 4) is 0 Å². The number of hydrogen-bond donors (Lipinski definition) is 0. The standard InChI is InChI=1S/C10H12O2/c1-7-2-5-10(12-7)8-3-4-9(11)6-8/h5-7H,2-4H2,1H3. The van der Waals surface area contributed by atoms with Gasteiger partial charge in [-0.05, 0) is 31.1 Å². The van der Waals surface area contributed by atoms with Crippen molar-refractivity contribution >= 4 is 5.78 Å². The molecular formula is C10H12O2. The third-order valence-corrected chi connectivity index (χ3v) is 2.26. The van der Waals surface area contributed by atoms with Crippen LogP contribution in [0.25, 0.3) is 0 Å². The molecule has 1 aliphatic carbocycles. The van der Waals surface area contributed by atoms with E-state index in [0.717, 1.165) is 24.2 Å². The molecule has 0 aromatic carbocycles. The summed E-state index contributed by atoms with van der Waals surface area (Å²) in [6.45, 7) is 2.04. The maximum Gasteiger partial charge on any atom is 0.156 e. The normalized spacial score (nSPS) is 28.4. The maximum absolute atomic E-state index is 10.9. The lowest BCUT2D eigenvalue weighted by Gasteiger charge is -2.07. The van der Waals surface area contributed by atoms with Crippen molar-refractivity contribution in [1.29, 1.82) is 0 Å². The Morgan fingerprint density at radius 3 is 2.83 bits per heavy atom. The fourth-order valence-corrected chi connectivity index (χ4v) is 1.58. The molecule has 1 aliphatic heterocycles. The van der Waals surface area contributed by atoms with Gasteiger partial charge in [-0.2, -0.15) is 0 Å². The summed E-state index contributed by atoms with van der Waals surface area (Å²) in [6, 6.07) is 0. The molecule has 2 heteroatoms. The minimum absolute atomic E-state index is 0.231. The average Bonchev–Trinajstić information content (AvgIpc) is 2.58. The molecule has 2 rings (SSSR count). The highest BCUT2D eigenvalue weighted by atomic mass is 16.5. The van der Waals surface area contributed by atoms with E-state index in [9.17, 15) is 4.79 Å².